The molecule has 0 aliphatic rings. The minimum atomic E-state index is 0.734. The topological polar surface area (TPSA) is 55.7 Å². The van der Waals surface area contributed by atoms with E-state index in [0.717, 1.165) is 43.0 Å². The Bertz CT molecular complexity index is 1260. The predicted octanol–water partition coefficient (Wildman–Crippen LogP) is 6.18. The van der Waals surface area contributed by atoms with Crippen molar-refractivity contribution in [3.8, 4) is 5.75 Å². The van der Waals surface area contributed by atoms with Gasteiger partial charge in [-0.3, -0.25) is 9.78 Å². The summed E-state index contributed by atoms with van der Waals surface area (Å²) in [7, 11) is 1.68. The van der Waals surface area contributed by atoms with Gasteiger partial charge in [-0.15, -0.1) is 0 Å². The van der Waals surface area contributed by atoms with Gasteiger partial charge in [-0.2, -0.15) is 10.2 Å². The maximum absolute atomic E-state index is 5.23. The fraction of sp³-hybridized carbons (Fsp3) is 0.0909. The summed E-state index contributed by atoms with van der Waals surface area (Å²) in [6.07, 6.45) is 3.86. The number of methoxy groups -OCH3 is 1. The molecule has 0 saturated carbocycles. The van der Waals surface area contributed by atoms with Crippen LogP contribution in [0.4, 0.5) is 0 Å². The number of aromatic nitrogens is 4. The third-order valence-corrected chi connectivity index (χ3v) is 5.84. The van der Waals surface area contributed by atoms with Gasteiger partial charge in [0.2, 0.25) is 0 Å². The Balaban J connectivity index is 0.000000171. The Labute approximate surface area is 184 Å². The van der Waals surface area contributed by atoms with Crippen LogP contribution in [-0.4, -0.2) is 27.1 Å². The van der Waals surface area contributed by atoms with Gasteiger partial charge in [0.25, 0.3) is 0 Å². The van der Waals surface area contributed by atoms with Crippen molar-refractivity contribution in [1.82, 2.24) is 20.0 Å². The summed E-state index contributed by atoms with van der Waals surface area (Å²) in [4.78, 5) is 0. The van der Waals surface area contributed by atoms with E-state index in [2.05, 4.69) is 59.4 Å². The van der Waals surface area contributed by atoms with Gasteiger partial charge in [0.15, 0.2) is 0 Å². The number of halogens is 2. The third-order valence-electron chi connectivity index (χ3n) is 4.45. The zero-order valence-electron chi connectivity index (χ0n) is 15.6. The molecule has 2 heterocycles. The Morgan fingerprint density at radius 2 is 1.72 bits per heavy atom. The highest BCUT2D eigenvalue weighted by molar-refractivity contribution is 9.11. The fourth-order valence-electron chi connectivity index (χ4n) is 3.03. The average molecular weight is 514 g/mol. The Morgan fingerprint density at radius 1 is 0.966 bits per heavy atom. The molecule has 146 valence electrons. The monoisotopic (exact) mass is 512 g/mol. The second-order valence-electron chi connectivity index (χ2n) is 6.42. The molecule has 0 spiro atoms. The number of ether oxygens (including phenoxy) is 1. The van der Waals surface area contributed by atoms with Crippen LogP contribution in [-0.2, 0) is 6.54 Å². The maximum Gasteiger partial charge on any atom is 0.119 e. The summed E-state index contributed by atoms with van der Waals surface area (Å²) in [5.41, 5.74) is 3.23. The van der Waals surface area contributed by atoms with Crippen LogP contribution in [0.2, 0.25) is 0 Å². The van der Waals surface area contributed by atoms with Gasteiger partial charge < -0.3 is 4.74 Å². The van der Waals surface area contributed by atoms with Gasteiger partial charge >= 0.3 is 0 Å². The van der Waals surface area contributed by atoms with Crippen molar-refractivity contribution in [2.24, 2.45) is 0 Å². The van der Waals surface area contributed by atoms with Gasteiger partial charge in [0, 0.05) is 25.9 Å². The lowest BCUT2D eigenvalue weighted by Gasteiger charge is -2.04. The molecule has 29 heavy (non-hydrogen) atoms. The minimum Gasteiger partial charge on any atom is -0.497 e. The van der Waals surface area contributed by atoms with E-state index >= 15 is 0 Å². The van der Waals surface area contributed by atoms with E-state index in [0.29, 0.717) is 0 Å². The Kier molecular flexibility index (Phi) is 5.97. The molecular formula is C22H18Br2N4O. The highest BCUT2D eigenvalue weighted by atomic mass is 79.9. The number of hydrogen-bond acceptors (Lipinski definition) is 3. The van der Waals surface area contributed by atoms with E-state index in [1.54, 1.807) is 13.3 Å². The highest BCUT2D eigenvalue weighted by Crippen LogP contribution is 2.23. The molecular weight excluding hydrogens is 496 g/mol. The van der Waals surface area contributed by atoms with E-state index in [4.69, 9.17) is 4.74 Å². The number of rotatable bonds is 3. The lowest BCUT2D eigenvalue weighted by atomic mass is 10.2. The van der Waals surface area contributed by atoms with Crippen LogP contribution in [0.1, 0.15) is 5.56 Å². The van der Waals surface area contributed by atoms with Crippen LogP contribution < -0.4 is 4.74 Å². The molecule has 5 rings (SSSR count). The van der Waals surface area contributed by atoms with Gasteiger partial charge in [-0.25, -0.2) is 0 Å². The first-order chi connectivity index (χ1) is 14.1. The largest absolute Gasteiger partial charge is 0.497 e. The van der Waals surface area contributed by atoms with Gasteiger partial charge in [0.1, 0.15) is 5.75 Å². The second-order valence-corrected chi connectivity index (χ2v) is 8.13. The molecule has 0 atom stereocenters. The van der Waals surface area contributed by atoms with E-state index in [1.807, 2.05) is 59.3 Å². The first kappa shape index (κ1) is 19.7. The average Bonchev–Trinajstić information content (AvgIpc) is 3.37. The van der Waals surface area contributed by atoms with Gasteiger partial charge in [-0.1, -0.05) is 56.1 Å². The first-order valence-corrected chi connectivity index (χ1v) is 10.5. The standard InChI is InChI=1S/C15H13BrN2O.C7H5BrN2/c1-19-12-5-2-4-11(8-12)9-18-10-13-14(16)6-3-7-15(13)17-18;8-6-2-1-3-7-5(6)4-9-10-7/h2-8,10H,9H2,1H3;1-4H,(H,9,10). The van der Waals surface area contributed by atoms with Crippen molar-refractivity contribution in [2.75, 3.05) is 7.11 Å². The molecule has 5 aromatic rings. The smallest absolute Gasteiger partial charge is 0.119 e. The summed E-state index contributed by atoms with van der Waals surface area (Å²) in [5, 5.41) is 13.6. The lowest BCUT2D eigenvalue weighted by molar-refractivity contribution is 0.414. The molecule has 0 amide bonds. The summed E-state index contributed by atoms with van der Waals surface area (Å²) in [5.74, 6) is 0.871. The van der Waals surface area contributed by atoms with Crippen LogP contribution >= 0.6 is 31.9 Å². The SMILES string of the molecule is Brc1cccc2[nH]ncc12.COc1cccc(Cn2cc3c(Br)cccc3n2)c1. The molecule has 0 aliphatic heterocycles. The fourth-order valence-corrected chi connectivity index (χ4v) is 3.95. The van der Waals surface area contributed by atoms with Crippen LogP contribution in [0.3, 0.4) is 0 Å². The molecule has 0 fully saturated rings. The summed E-state index contributed by atoms with van der Waals surface area (Å²) in [6.45, 7) is 0.734. The maximum atomic E-state index is 5.23. The number of hydrogen-bond donors (Lipinski definition) is 1. The molecule has 5 nitrogen and oxygen atoms in total. The number of benzene rings is 3. The summed E-state index contributed by atoms with van der Waals surface area (Å²) >= 11 is 6.96. The molecule has 0 bridgehead atoms. The molecule has 1 N–H and O–H groups in total. The van der Waals surface area contributed by atoms with Gasteiger partial charge in [-0.05, 0) is 42.0 Å². The van der Waals surface area contributed by atoms with Crippen molar-refractivity contribution >= 4 is 53.7 Å². The van der Waals surface area contributed by atoms with E-state index < -0.39 is 0 Å². The number of nitrogens with one attached hydrogen (secondary N) is 1. The third kappa shape index (κ3) is 4.52. The van der Waals surface area contributed by atoms with Crippen LogP contribution in [0.5, 0.6) is 5.75 Å². The van der Waals surface area contributed by atoms with Crippen LogP contribution in [0.15, 0.2) is 82.0 Å². The number of fused-ring (bicyclic) bond motifs is 2. The Hall–Kier alpha value is -2.64. The zero-order chi connectivity index (χ0) is 20.2. The number of H-pyrrole nitrogens is 1. The molecule has 3 aromatic carbocycles. The number of nitrogens with zero attached hydrogens (tertiary/aromatic N) is 3. The van der Waals surface area contributed by atoms with Crippen molar-refractivity contribution in [2.45, 2.75) is 6.54 Å². The predicted molar refractivity (Wildman–Crippen MR) is 123 cm³/mol. The van der Waals surface area contributed by atoms with E-state index in [9.17, 15) is 0 Å². The number of aromatic amines is 1. The molecule has 0 saturated heterocycles. The van der Waals surface area contributed by atoms with E-state index in [-0.39, 0.29) is 0 Å². The Morgan fingerprint density at radius 3 is 2.48 bits per heavy atom. The molecule has 7 heteroatoms. The first-order valence-electron chi connectivity index (χ1n) is 8.96. The van der Waals surface area contributed by atoms with E-state index in [1.165, 1.54) is 5.56 Å². The normalized spacial score (nSPS) is 10.7. The highest BCUT2D eigenvalue weighted by Gasteiger charge is 2.04. The van der Waals surface area contributed by atoms with Crippen molar-refractivity contribution in [3.05, 3.63) is 87.6 Å². The molecule has 0 unspecified atom stereocenters. The zero-order valence-corrected chi connectivity index (χ0v) is 18.8. The minimum absolute atomic E-state index is 0.734. The van der Waals surface area contributed by atoms with Crippen molar-refractivity contribution in [3.63, 3.8) is 0 Å². The lowest BCUT2D eigenvalue weighted by Crippen LogP contribution is -2.00. The molecule has 0 aliphatic carbocycles. The molecule has 2 aromatic heterocycles. The van der Waals surface area contributed by atoms with Gasteiger partial charge in [0.05, 0.1) is 30.9 Å². The van der Waals surface area contributed by atoms with Crippen LogP contribution in [0.25, 0.3) is 21.8 Å². The summed E-state index contributed by atoms with van der Waals surface area (Å²) in [6, 6.07) is 20.0. The van der Waals surface area contributed by atoms with Crippen molar-refractivity contribution in [1.29, 1.82) is 0 Å². The van der Waals surface area contributed by atoms with Crippen LogP contribution in [0, 0.1) is 0 Å². The van der Waals surface area contributed by atoms with Crippen molar-refractivity contribution < 1.29 is 4.74 Å². The second kappa shape index (κ2) is 8.80. The quantitative estimate of drug-likeness (QED) is 0.313. The molecule has 0 radical (unpaired) electrons. The summed E-state index contributed by atoms with van der Waals surface area (Å²) < 4.78 is 9.34.